The van der Waals surface area contributed by atoms with Crippen LogP contribution >= 0.6 is 15.9 Å². The standard InChI is InChI=1S/C15H12BrNO2/c1-2-18-12-7-8-13-14(9-12)19-15(17-13)10-3-5-11(16)6-4-10/h3-9H,2H2,1H3. The van der Waals surface area contributed by atoms with Crippen molar-refractivity contribution in [2.45, 2.75) is 6.92 Å². The molecule has 1 heterocycles. The highest BCUT2D eigenvalue weighted by atomic mass is 79.9. The predicted molar refractivity (Wildman–Crippen MR) is 78.3 cm³/mol. The number of fused-ring (bicyclic) bond motifs is 1. The molecule has 1 aromatic heterocycles. The van der Waals surface area contributed by atoms with Crippen LogP contribution in [0.1, 0.15) is 6.92 Å². The van der Waals surface area contributed by atoms with E-state index < -0.39 is 0 Å². The molecule has 3 nitrogen and oxygen atoms in total. The summed E-state index contributed by atoms with van der Waals surface area (Å²) in [5, 5.41) is 0. The number of nitrogens with zero attached hydrogens (tertiary/aromatic N) is 1. The molecule has 2 aromatic carbocycles. The fourth-order valence-electron chi connectivity index (χ4n) is 1.88. The fraction of sp³-hybridized carbons (Fsp3) is 0.133. The number of rotatable bonds is 3. The van der Waals surface area contributed by atoms with Gasteiger partial charge in [-0.15, -0.1) is 0 Å². The van der Waals surface area contributed by atoms with Crippen molar-refractivity contribution in [2.24, 2.45) is 0 Å². The zero-order valence-corrected chi connectivity index (χ0v) is 12.0. The van der Waals surface area contributed by atoms with Crippen LogP contribution in [0.25, 0.3) is 22.6 Å². The van der Waals surface area contributed by atoms with E-state index >= 15 is 0 Å². The Morgan fingerprint density at radius 1 is 1.16 bits per heavy atom. The number of hydrogen-bond acceptors (Lipinski definition) is 3. The fourth-order valence-corrected chi connectivity index (χ4v) is 2.14. The maximum absolute atomic E-state index is 5.77. The third-order valence-electron chi connectivity index (χ3n) is 2.76. The van der Waals surface area contributed by atoms with Gasteiger partial charge in [0.2, 0.25) is 5.89 Å². The SMILES string of the molecule is CCOc1ccc2nc(-c3ccc(Br)cc3)oc2c1. The maximum atomic E-state index is 5.77. The minimum atomic E-state index is 0.621. The van der Waals surface area contributed by atoms with Crippen molar-refractivity contribution in [3.05, 3.63) is 46.9 Å². The van der Waals surface area contributed by atoms with E-state index in [1.807, 2.05) is 49.4 Å². The summed E-state index contributed by atoms with van der Waals surface area (Å²) in [5.74, 6) is 1.42. The molecule has 4 heteroatoms. The highest BCUT2D eigenvalue weighted by molar-refractivity contribution is 9.10. The van der Waals surface area contributed by atoms with Gasteiger partial charge < -0.3 is 9.15 Å². The molecule has 0 unspecified atom stereocenters. The number of benzene rings is 2. The maximum Gasteiger partial charge on any atom is 0.227 e. The Morgan fingerprint density at radius 2 is 1.95 bits per heavy atom. The molecule has 0 amide bonds. The number of oxazole rings is 1. The van der Waals surface area contributed by atoms with E-state index in [0.717, 1.165) is 26.9 Å². The molecule has 0 bridgehead atoms. The molecule has 19 heavy (non-hydrogen) atoms. The van der Waals surface area contributed by atoms with Gasteiger partial charge in [-0.2, -0.15) is 0 Å². The normalized spacial score (nSPS) is 10.8. The minimum Gasteiger partial charge on any atom is -0.494 e. The summed E-state index contributed by atoms with van der Waals surface area (Å²) in [6.07, 6.45) is 0. The Labute approximate surface area is 119 Å². The van der Waals surface area contributed by atoms with Crippen molar-refractivity contribution in [3.8, 4) is 17.2 Å². The monoisotopic (exact) mass is 317 g/mol. The summed E-state index contributed by atoms with van der Waals surface area (Å²) < 4.78 is 12.3. The van der Waals surface area contributed by atoms with E-state index in [2.05, 4.69) is 20.9 Å². The average Bonchev–Trinajstić information content (AvgIpc) is 2.83. The van der Waals surface area contributed by atoms with Crippen molar-refractivity contribution in [2.75, 3.05) is 6.61 Å². The smallest absolute Gasteiger partial charge is 0.227 e. The lowest BCUT2D eigenvalue weighted by Gasteiger charge is -2.00. The van der Waals surface area contributed by atoms with Crippen LogP contribution in [-0.2, 0) is 0 Å². The van der Waals surface area contributed by atoms with Crippen LogP contribution < -0.4 is 4.74 Å². The minimum absolute atomic E-state index is 0.621. The first-order valence-electron chi connectivity index (χ1n) is 6.05. The number of hydrogen-bond donors (Lipinski definition) is 0. The van der Waals surface area contributed by atoms with Gasteiger partial charge in [0, 0.05) is 16.1 Å². The van der Waals surface area contributed by atoms with Crippen molar-refractivity contribution in [3.63, 3.8) is 0 Å². The van der Waals surface area contributed by atoms with Crippen molar-refractivity contribution in [1.82, 2.24) is 4.98 Å². The lowest BCUT2D eigenvalue weighted by Crippen LogP contribution is -1.90. The second-order valence-electron chi connectivity index (χ2n) is 4.09. The second kappa shape index (κ2) is 5.05. The van der Waals surface area contributed by atoms with Crippen LogP contribution in [0.5, 0.6) is 5.75 Å². The Morgan fingerprint density at radius 3 is 2.68 bits per heavy atom. The van der Waals surface area contributed by atoms with Gasteiger partial charge in [-0.1, -0.05) is 15.9 Å². The van der Waals surface area contributed by atoms with E-state index in [-0.39, 0.29) is 0 Å². The third-order valence-corrected chi connectivity index (χ3v) is 3.29. The summed E-state index contributed by atoms with van der Waals surface area (Å²) in [6.45, 7) is 2.59. The molecule has 0 aliphatic rings. The number of aromatic nitrogens is 1. The van der Waals surface area contributed by atoms with E-state index in [4.69, 9.17) is 9.15 Å². The topological polar surface area (TPSA) is 35.3 Å². The van der Waals surface area contributed by atoms with Gasteiger partial charge in [-0.3, -0.25) is 0 Å². The van der Waals surface area contributed by atoms with Crippen molar-refractivity contribution in [1.29, 1.82) is 0 Å². The van der Waals surface area contributed by atoms with Gasteiger partial charge in [0.25, 0.3) is 0 Å². The van der Waals surface area contributed by atoms with Gasteiger partial charge >= 0.3 is 0 Å². The molecule has 0 saturated heterocycles. The van der Waals surface area contributed by atoms with Gasteiger partial charge in [0.05, 0.1) is 6.61 Å². The van der Waals surface area contributed by atoms with Crippen molar-refractivity contribution >= 4 is 27.0 Å². The summed E-state index contributed by atoms with van der Waals surface area (Å²) in [5.41, 5.74) is 2.53. The molecule has 0 aliphatic carbocycles. The molecule has 0 atom stereocenters. The molecule has 0 radical (unpaired) electrons. The quantitative estimate of drug-likeness (QED) is 0.705. The van der Waals surface area contributed by atoms with Crippen LogP contribution in [0.2, 0.25) is 0 Å². The summed E-state index contributed by atoms with van der Waals surface area (Å²) >= 11 is 3.41. The first kappa shape index (κ1) is 12.2. The zero-order chi connectivity index (χ0) is 13.2. The van der Waals surface area contributed by atoms with Crippen LogP contribution in [0.15, 0.2) is 51.4 Å². The first-order chi connectivity index (χ1) is 9.26. The van der Waals surface area contributed by atoms with Crippen LogP contribution in [0, 0.1) is 0 Å². The highest BCUT2D eigenvalue weighted by Crippen LogP contribution is 2.27. The van der Waals surface area contributed by atoms with Crippen molar-refractivity contribution < 1.29 is 9.15 Å². The van der Waals surface area contributed by atoms with Gasteiger partial charge in [-0.05, 0) is 43.3 Å². The van der Waals surface area contributed by atoms with E-state index in [1.54, 1.807) is 0 Å². The highest BCUT2D eigenvalue weighted by Gasteiger charge is 2.08. The average molecular weight is 318 g/mol. The molecule has 96 valence electrons. The molecule has 0 saturated carbocycles. The summed E-state index contributed by atoms with van der Waals surface area (Å²) in [4.78, 5) is 4.48. The Bertz CT molecular complexity index is 704. The molecule has 0 fully saturated rings. The zero-order valence-electron chi connectivity index (χ0n) is 10.4. The number of halogens is 1. The molecular weight excluding hydrogens is 306 g/mol. The largest absolute Gasteiger partial charge is 0.494 e. The van der Waals surface area contributed by atoms with Gasteiger partial charge in [0.1, 0.15) is 11.3 Å². The molecule has 0 spiro atoms. The summed E-state index contributed by atoms with van der Waals surface area (Å²) in [7, 11) is 0. The Balaban J connectivity index is 2.03. The Hall–Kier alpha value is -1.81. The van der Waals surface area contributed by atoms with Crippen LogP contribution in [-0.4, -0.2) is 11.6 Å². The first-order valence-corrected chi connectivity index (χ1v) is 6.85. The van der Waals surface area contributed by atoms with Crippen LogP contribution in [0.4, 0.5) is 0 Å². The third kappa shape index (κ3) is 2.49. The molecule has 3 rings (SSSR count). The second-order valence-corrected chi connectivity index (χ2v) is 5.00. The van der Waals surface area contributed by atoms with E-state index in [0.29, 0.717) is 12.5 Å². The van der Waals surface area contributed by atoms with Crippen LogP contribution in [0.3, 0.4) is 0 Å². The molecular formula is C15H12BrNO2. The Kier molecular flexibility index (Phi) is 3.25. The predicted octanol–water partition coefficient (Wildman–Crippen LogP) is 4.66. The molecule has 3 aromatic rings. The molecule has 0 N–H and O–H groups in total. The van der Waals surface area contributed by atoms with Gasteiger partial charge in [0.15, 0.2) is 5.58 Å². The lowest BCUT2D eigenvalue weighted by atomic mass is 10.2. The van der Waals surface area contributed by atoms with Gasteiger partial charge in [-0.25, -0.2) is 4.98 Å². The lowest BCUT2D eigenvalue weighted by molar-refractivity contribution is 0.340. The van der Waals surface area contributed by atoms with E-state index in [1.165, 1.54) is 0 Å². The summed E-state index contributed by atoms with van der Waals surface area (Å²) in [6, 6.07) is 13.6. The molecule has 0 aliphatic heterocycles. The van der Waals surface area contributed by atoms with E-state index in [9.17, 15) is 0 Å². The number of ether oxygens (including phenoxy) is 1.